The number of hydrogen-bond acceptors (Lipinski definition) is 6. The van der Waals surface area contributed by atoms with Crippen LogP contribution in [0.15, 0.2) is 23.6 Å². The molecule has 2 aliphatic rings. The van der Waals surface area contributed by atoms with Crippen LogP contribution < -0.4 is 5.32 Å². The number of anilines is 1. The van der Waals surface area contributed by atoms with Gasteiger partial charge in [0, 0.05) is 35.3 Å². The lowest BCUT2D eigenvalue weighted by Crippen LogP contribution is -2.39. The Kier molecular flexibility index (Phi) is 6.50. The van der Waals surface area contributed by atoms with E-state index in [0.717, 1.165) is 41.2 Å². The van der Waals surface area contributed by atoms with Crippen LogP contribution >= 0.6 is 22.7 Å². The molecule has 1 atom stereocenters. The quantitative estimate of drug-likeness (QED) is 0.690. The van der Waals surface area contributed by atoms with Gasteiger partial charge in [-0.1, -0.05) is 6.07 Å². The van der Waals surface area contributed by atoms with Crippen LogP contribution in [-0.4, -0.2) is 36.1 Å². The molecule has 2 aromatic heterocycles. The first-order valence-electron chi connectivity index (χ1n) is 10.2. The first-order chi connectivity index (χ1) is 14.6. The number of ether oxygens (including phenoxy) is 1. The zero-order chi connectivity index (χ0) is 20.9. The van der Waals surface area contributed by atoms with E-state index in [2.05, 4.69) is 11.4 Å². The SMILES string of the molecule is N#Cc1c(NC(=O)C=Cc2cccs2)sc2c1CCC(OC(=O)N1CCCCC1)C2. The van der Waals surface area contributed by atoms with Gasteiger partial charge in [0.2, 0.25) is 5.91 Å². The van der Waals surface area contributed by atoms with Gasteiger partial charge in [0.1, 0.15) is 17.2 Å². The summed E-state index contributed by atoms with van der Waals surface area (Å²) in [6.45, 7) is 1.53. The number of piperidine rings is 1. The van der Waals surface area contributed by atoms with E-state index in [1.54, 1.807) is 22.3 Å². The van der Waals surface area contributed by atoms with Gasteiger partial charge in [-0.2, -0.15) is 5.26 Å². The van der Waals surface area contributed by atoms with Crippen molar-refractivity contribution in [3.05, 3.63) is 44.5 Å². The maximum Gasteiger partial charge on any atom is 0.410 e. The van der Waals surface area contributed by atoms with Crippen LogP contribution in [0, 0.1) is 11.3 Å². The lowest BCUT2D eigenvalue weighted by atomic mass is 9.94. The Labute approximate surface area is 183 Å². The molecule has 0 aromatic carbocycles. The molecule has 3 heterocycles. The van der Waals surface area contributed by atoms with E-state index < -0.39 is 0 Å². The normalized spacial score (nSPS) is 18.6. The lowest BCUT2D eigenvalue weighted by molar-refractivity contribution is -0.111. The summed E-state index contributed by atoms with van der Waals surface area (Å²) in [7, 11) is 0. The monoisotopic (exact) mass is 441 g/mol. The molecule has 4 rings (SSSR count). The zero-order valence-corrected chi connectivity index (χ0v) is 18.2. The summed E-state index contributed by atoms with van der Waals surface area (Å²) in [4.78, 5) is 28.5. The van der Waals surface area contributed by atoms with Gasteiger partial charge in [-0.15, -0.1) is 22.7 Å². The Hall–Kier alpha value is -2.63. The van der Waals surface area contributed by atoms with E-state index in [1.165, 1.54) is 23.8 Å². The molecule has 1 N–H and O–H groups in total. The second-order valence-corrected chi connectivity index (χ2v) is 9.54. The lowest BCUT2D eigenvalue weighted by Gasteiger charge is -2.29. The van der Waals surface area contributed by atoms with Crippen molar-refractivity contribution in [2.45, 2.75) is 44.6 Å². The van der Waals surface area contributed by atoms with Gasteiger partial charge < -0.3 is 15.0 Å². The number of amides is 2. The van der Waals surface area contributed by atoms with Gasteiger partial charge in [-0.25, -0.2) is 4.79 Å². The van der Waals surface area contributed by atoms with Crippen molar-refractivity contribution in [1.29, 1.82) is 5.26 Å². The molecule has 156 valence electrons. The molecule has 2 aromatic rings. The third kappa shape index (κ3) is 4.74. The predicted octanol–water partition coefficient (Wildman–Crippen LogP) is 4.81. The molecule has 0 radical (unpaired) electrons. The number of rotatable bonds is 4. The van der Waals surface area contributed by atoms with E-state index in [0.29, 0.717) is 29.8 Å². The molecule has 1 unspecified atom stereocenters. The highest BCUT2D eigenvalue weighted by molar-refractivity contribution is 7.16. The topological polar surface area (TPSA) is 82.4 Å². The van der Waals surface area contributed by atoms with Crippen molar-refractivity contribution < 1.29 is 14.3 Å². The van der Waals surface area contributed by atoms with Crippen molar-refractivity contribution in [3.8, 4) is 6.07 Å². The van der Waals surface area contributed by atoms with Crippen LogP contribution in [0.1, 0.15) is 46.6 Å². The average Bonchev–Trinajstić information content (AvgIpc) is 3.39. The van der Waals surface area contributed by atoms with Gasteiger partial charge in [-0.3, -0.25) is 4.79 Å². The van der Waals surface area contributed by atoms with Crippen molar-refractivity contribution in [3.63, 3.8) is 0 Å². The van der Waals surface area contributed by atoms with Crippen LogP contribution in [0.4, 0.5) is 9.80 Å². The molecule has 1 aliphatic carbocycles. The molecule has 6 nitrogen and oxygen atoms in total. The Balaban J connectivity index is 1.41. The van der Waals surface area contributed by atoms with E-state index in [9.17, 15) is 14.9 Å². The highest BCUT2D eigenvalue weighted by Crippen LogP contribution is 2.38. The fraction of sp³-hybridized carbons (Fsp3) is 0.409. The standard InChI is InChI=1S/C22H23N3O3S2/c23-14-18-17-8-6-15(28-22(27)25-10-2-1-3-11-25)13-19(17)30-21(18)24-20(26)9-7-16-5-4-12-29-16/h4-5,7,9,12,15H,1-3,6,8,10-11,13H2,(H,24,26). The van der Waals surface area contributed by atoms with Gasteiger partial charge in [-0.05, 0) is 55.2 Å². The largest absolute Gasteiger partial charge is 0.446 e. The van der Waals surface area contributed by atoms with Crippen LogP contribution in [0.25, 0.3) is 6.08 Å². The molecule has 0 saturated carbocycles. The number of nitriles is 1. The van der Waals surface area contributed by atoms with Crippen molar-refractivity contribution in [1.82, 2.24) is 4.90 Å². The van der Waals surface area contributed by atoms with E-state index in [4.69, 9.17) is 4.74 Å². The van der Waals surface area contributed by atoms with Gasteiger partial charge in [0.05, 0.1) is 5.56 Å². The number of nitrogens with one attached hydrogen (secondary N) is 1. The van der Waals surface area contributed by atoms with E-state index in [1.807, 2.05) is 17.5 Å². The second-order valence-electron chi connectivity index (χ2n) is 7.45. The number of likely N-dealkylation sites (tertiary alicyclic amines) is 1. The minimum absolute atomic E-state index is 0.181. The Morgan fingerprint density at radius 2 is 2.13 bits per heavy atom. The molecule has 8 heteroatoms. The predicted molar refractivity (Wildman–Crippen MR) is 119 cm³/mol. The zero-order valence-electron chi connectivity index (χ0n) is 16.6. The minimum atomic E-state index is -0.258. The molecule has 1 aliphatic heterocycles. The third-order valence-electron chi connectivity index (χ3n) is 5.39. The third-order valence-corrected chi connectivity index (χ3v) is 7.40. The number of fused-ring (bicyclic) bond motifs is 1. The highest BCUT2D eigenvalue weighted by Gasteiger charge is 2.29. The molecule has 2 amide bonds. The van der Waals surface area contributed by atoms with Gasteiger partial charge in [0.15, 0.2) is 0 Å². The second kappa shape index (κ2) is 9.45. The fourth-order valence-electron chi connectivity index (χ4n) is 3.85. The highest BCUT2D eigenvalue weighted by atomic mass is 32.1. The number of thiophene rings is 2. The fourth-order valence-corrected chi connectivity index (χ4v) is 5.74. The summed E-state index contributed by atoms with van der Waals surface area (Å²) in [6.07, 6.45) is 8.03. The van der Waals surface area contributed by atoms with Gasteiger partial charge >= 0.3 is 6.09 Å². The molecule has 30 heavy (non-hydrogen) atoms. The summed E-state index contributed by atoms with van der Waals surface area (Å²) in [5.41, 5.74) is 1.51. The number of nitrogens with zero attached hydrogens (tertiary/aromatic N) is 2. The van der Waals surface area contributed by atoms with Crippen LogP contribution in [0.5, 0.6) is 0 Å². The van der Waals surface area contributed by atoms with Gasteiger partial charge in [0.25, 0.3) is 0 Å². The van der Waals surface area contributed by atoms with Crippen LogP contribution in [0.2, 0.25) is 0 Å². The van der Waals surface area contributed by atoms with Crippen molar-refractivity contribution >= 4 is 45.8 Å². The summed E-state index contributed by atoms with van der Waals surface area (Å²) < 4.78 is 5.74. The summed E-state index contributed by atoms with van der Waals surface area (Å²) in [6, 6.07) is 6.11. The van der Waals surface area contributed by atoms with Crippen molar-refractivity contribution in [2.24, 2.45) is 0 Å². The minimum Gasteiger partial charge on any atom is -0.446 e. The number of hydrogen-bond donors (Lipinski definition) is 1. The maximum absolute atomic E-state index is 12.4. The Morgan fingerprint density at radius 1 is 1.30 bits per heavy atom. The molecule has 0 bridgehead atoms. The summed E-state index contributed by atoms with van der Waals surface area (Å²) in [5.74, 6) is -0.258. The first kappa shape index (κ1) is 20.6. The molecular formula is C22H23N3O3S2. The van der Waals surface area contributed by atoms with Crippen LogP contribution in [-0.2, 0) is 22.4 Å². The summed E-state index contributed by atoms with van der Waals surface area (Å²) in [5, 5.41) is 15.0. The van der Waals surface area contributed by atoms with E-state index in [-0.39, 0.29) is 18.1 Å². The maximum atomic E-state index is 12.4. The molecular weight excluding hydrogens is 418 g/mol. The van der Waals surface area contributed by atoms with Crippen molar-refractivity contribution in [2.75, 3.05) is 18.4 Å². The smallest absolute Gasteiger partial charge is 0.410 e. The average molecular weight is 442 g/mol. The van der Waals surface area contributed by atoms with Crippen LogP contribution in [0.3, 0.4) is 0 Å². The molecule has 1 fully saturated rings. The Bertz CT molecular complexity index is 982. The number of carbonyl (C=O) groups excluding carboxylic acids is 2. The summed E-state index contributed by atoms with van der Waals surface area (Å²) >= 11 is 2.97. The molecule has 1 saturated heterocycles. The first-order valence-corrected chi connectivity index (χ1v) is 11.9. The number of carbonyl (C=O) groups is 2. The van der Waals surface area contributed by atoms with E-state index >= 15 is 0 Å². The Morgan fingerprint density at radius 3 is 2.87 bits per heavy atom. The molecule has 0 spiro atoms.